The minimum atomic E-state index is -0.277. The molecule has 0 bridgehead atoms. The zero-order chi connectivity index (χ0) is 20.0. The van der Waals surface area contributed by atoms with E-state index in [1.807, 2.05) is 73.7 Å². The number of para-hydroxylation sites is 1. The second-order valence-corrected chi connectivity index (χ2v) is 7.26. The fraction of sp³-hybridized carbons (Fsp3) is 0.0769. The molecule has 1 heterocycles. The van der Waals surface area contributed by atoms with Gasteiger partial charge in [-0.1, -0.05) is 60.7 Å². The number of allylic oxidation sites excluding steroid dienone is 1. The second-order valence-electron chi connectivity index (χ2n) is 7.26. The summed E-state index contributed by atoms with van der Waals surface area (Å²) in [5.41, 5.74) is 5.25. The Kier molecular flexibility index (Phi) is 3.93. The first-order valence-electron chi connectivity index (χ1n) is 9.51. The monoisotopic (exact) mass is 375 g/mol. The van der Waals surface area contributed by atoms with Crippen molar-refractivity contribution in [3.8, 4) is 6.07 Å². The molecule has 1 aliphatic rings. The van der Waals surface area contributed by atoms with Crippen LogP contribution in [0.25, 0.3) is 22.6 Å². The molecule has 1 aliphatic carbocycles. The third kappa shape index (κ3) is 2.61. The van der Waals surface area contributed by atoms with Gasteiger partial charge in [0.15, 0.2) is 5.43 Å². The van der Waals surface area contributed by atoms with Crippen LogP contribution in [0.1, 0.15) is 39.5 Å². The van der Waals surface area contributed by atoms with E-state index in [0.717, 1.165) is 22.3 Å². The summed E-state index contributed by atoms with van der Waals surface area (Å²) in [7, 11) is 0. The molecule has 1 aromatic heterocycles. The molecular weight excluding hydrogens is 358 g/mol. The van der Waals surface area contributed by atoms with E-state index in [1.165, 1.54) is 0 Å². The van der Waals surface area contributed by atoms with Crippen molar-refractivity contribution < 1.29 is 4.42 Å². The van der Waals surface area contributed by atoms with E-state index in [9.17, 15) is 10.1 Å². The first-order valence-corrected chi connectivity index (χ1v) is 9.51. The number of aryl methyl sites for hydroxylation is 1. The summed E-state index contributed by atoms with van der Waals surface area (Å²) in [6, 6.07) is 25.6. The molecule has 0 saturated heterocycles. The topological polar surface area (TPSA) is 54.0 Å². The quantitative estimate of drug-likeness (QED) is 0.431. The Hall–Kier alpha value is -3.90. The van der Waals surface area contributed by atoms with Gasteiger partial charge in [-0.3, -0.25) is 4.79 Å². The molecule has 0 spiro atoms. The highest BCUT2D eigenvalue weighted by Crippen LogP contribution is 2.42. The van der Waals surface area contributed by atoms with Gasteiger partial charge in [0.1, 0.15) is 11.3 Å². The number of fused-ring (bicyclic) bond motifs is 3. The van der Waals surface area contributed by atoms with Crippen molar-refractivity contribution in [1.82, 2.24) is 0 Å². The molecule has 0 N–H and O–H groups in total. The van der Waals surface area contributed by atoms with Crippen LogP contribution in [0.3, 0.4) is 0 Å². The molecule has 3 aromatic carbocycles. The van der Waals surface area contributed by atoms with Crippen LogP contribution < -0.4 is 5.43 Å². The normalized spacial score (nSPS) is 15.0. The van der Waals surface area contributed by atoms with E-state index >= 15 is 0 Å². The van der Waals surface area contributed by atoms with E-state index in [0.29, 0.717) is 27.9 Å². The fourth-order valence-corrected chi connectivity index (χ4v) is 4.25. The SMILES string of the molecule is Cc1cccc2c1C(C#N)=Cc1c(oc3ccccc3c1=O)C2c1ccccc1. The van der Waals surface area contributed by atoms with Crippen molar-refractivity contribution in [1.29, 1.82) is 5.26 Å². The van der Waals surface area contributed by atoms with Gasteiger partial charge in [0.2, 0.25) is 0 Å². The lowest BCUT2D eigenvalue weighted by Crippen LogP contribution is -2.13. The third-order valence-corrected chi connectivity index (χ3v) is 5.55. The standard InChI is InChI=1S/C26H17NO2/c1-16-8-7-12-20-23(16)18(15-27)14-21-25(28)19-11-5-6-13-22(19)29-26(21)24(20)17-9-3-2-4-10-17/h2-14,24H,1H3. The molecule has 3 heteroatoms. The molecule has 138 valence electrons. The first-order chi connectivity index (χ1) is 14.2. The van der Waals surface area contributed by atoms with Crippen molar-refractivity contribution >= 4 is 22.6 Å². The molecule has 1 unspecified atom stereocenters. The van der Waals surface area contributed by atoms with Gasteiger partial charge in [-0.05, 0) is 47.4 Å². The van der Waals surface area contributed by atoms with Gasteiger partial charge < -0.3 is 4.42 Å². The number of rotatable bonds is 1. The molecule has 0 aliphatic heterocycles. The minimum Gasteiger partial charge on any atom is -0.459 e. The lowest BCUT2D eigenvalue weighted by atomic mass is 9.83. The molecule has 4 aromatic rings. The second kappa shape index (κ2) is 6.61. The first kappa shape index (κ1) is 17.2. The summed E-state index contributed by atoms with van der Waals surface area (Å²) in [6.07, 6.45) is 1.70. The number of nitrogens with zero attached hydrogens (tertiary/aromatic N) is 1. The number of benzene rings is 3. The molecule has 1 atom stereocenters. The van der Waals surface area contributed by atoms with Crippen LogP contribution >= 0.6 is 0 Å². The molecule has 0 saturated carbocycles. The summed E-state index contributed by atoms with van der Waals surface area (Å²) in [6.45, 7) is 1.99. The summed E-state index contributed by atoms with van der Waals surface area (Å²) in [4.78, 5) is 13.4. The third-order valence-electron chi connectivity index (χ3n) is 5.55. The summed E-state index contributed by atoms with van der Waals surface area (Å²) >= 11 is 0. The van der Waals surface area contributed by atoms with Gasteiger partial charge in [0.25, 0.3) is 0 Å². The number of nitriles is 1. The molecule has 0 fully saturated rings. The Morgan fingerprint density at radius 3 is 2.48 bits per heavy atom. The zero-order valence-corrected chi connectivity index (χ0v) is 15.8. The average molecular weight is 375 g/mol. The average Bonchev–Trinajstić information content (AvgIpc) is 2.90. The highest BCUT2D eigenvalue weighted by Gasteiger charge is 2.31. The van der Waals surface area contributed by atoms with Gasteiger partial charge in [0, 0.05) is 0 Å². The van der Waals surface area contributed by atoms with E-state index < -0.39 is 0 Å². The van der Waals surface area contributed by atoms with Crippen molar-refractivity contribution in [2.75, 3.05) is 0 Å². The molecule has 3 nitrogen and oxygen atoms in total. The smallest absolute Gasteiger partial charge is 0.200 e. The van der Waals surface area contributed by atoms with Gasteiger partial charge in [-0.15, -0.1) is 0 Å². The Morgan fingerprint density at radius 1 is 0.931 bits per heavy atom. The van der Waals surface area contributed by atoms with E-state index in [2.05, 4.69) is 6.07 Å². The van der Waals surface area contributed by atoms with Crippen molar-refractivity contribution in [2.45, 2.75) is 12.8 Å². The van der Waals surface area contributed by atoms with Gasteiger partial charge in [-0.25, -0.2) is 0 Å². The molecule has 29 heavy (non-hydrogen) atoms. The Morgan fingerprint density at radius 2 is 1.69 bits per heavy atom. The van der Waals surface area contributed by atoms with Gasteiger partial charge in [-0.2, -0.15) is 5.26 Å². The van der Waals surface area contributed by atoms with E-state index in [-0.39, 0.29) is 11.3 Å². The molecule has 5 rings (SSSR count). The maximum absolute atomic E-state index is 13.4. The molecular formula is C26H17NO2. The van der Waals surface area contributed by atoms with Crippen LogP contribution in [0.4, 0.5) is 0 Å². The predicted octanol–water partition coefficient (Wildman–Crippen LogP) is 5.66. The van der Waals surface area contributed by atoms with Crippen molar-refractivity contribution in [3.05, 3.63) is 117 Å². The predicted molar refractivity (Wildman–Crippen MR) is 115 cm³/mol. The molecule has 0 amide bonds. The molecule has 0 radical (unpaired) electrons. The van der Waals surface area contributed by atoms with Crippen LogP contribution in [0.2, 0.25) is 0 Å². The summed E-state index contributed by atoms with van der Waals surface area (Å²) in [5.74, 6) is 0.303. The number of hydrogen-bond donors (Lipinski definition) is 0. The lowest BCUT2D eigenvalue weighted by Gasteiger charge is -2.21. The Labute approximate surface area is 168 Å². The van der Waals surface area contributed by atoms with E-state index in [4.69, 9.17) is 4.42 Å². The van der Waals surface area contributed by atoms with Crippen molar-refractivity contribution in [2.24, 2.45) is 0 Å². The van der Waals surface area contributed by atoms with Gasteiger partial charge in [0.05, 0.1) is 28.5 Å². The maximum atomic E-state index is 13.4. The fourth-order valence-electron chi connectivity index (χ4n) is 4.25. The van der Waals surface area contributed by atoms with Gasteiger partial charge >= 0.3 is 0 Å². The lowest BCUT2D eigenvalue weighted by molar-refractivity contribution is 0.527. The Balaban J connectivity index is 1.98. The highest BCUT2D eigenvalue weighted by atomic mass is 16.3. The van der Waals surface area contributed by atoms with Crippen LogP contribution in [-0.4, -0.2) is 0 Å². The Bertz CT molecular complexity index is 1390. The van der Waals surface area contributed by atoms with Crippen molar-refractivity contribution in [3.63, 3.8) is 0 Å². The zero-order valence-electron chi connectivity index (χ0n) is 15.8. The number of hydrogen-bond acceptors (Lipinski definition) is 3. The van der Waals surface area contributed by atoms with Crippen LogP contribution in [0.15, 0.2) is 82.0 Å². The van der Waals surface area contributed by atoms with E-state index in [1.54, 1.807) is 12.1 Å². The highest BCUT2D eigenvalue weighted by molar-refractivity contribution is 5.95. The summed E-state index contributed by atoms with van der Waals surface area (Å²) in [5, 5.41) is 10.4. The maximum Gasteiger partial charge on any atom is 0.200 e. The van der Waals surface area contributed by atoms with Crippen LogP contribution in [-0.2, 0) is 0 Å². The van der Waals surface area contributed by atoms with Crippen LogP contribution in [0.5, 0.6) is 0 Å². The minimum absolute atomic E-state index is 0.110. The van der Waals surface area contributed by atoms with Crippen LogP contribution in [0, 0.1) is 18.3 Å². The summed E-state index contributed by atoms with van der Waals surface area (Å²) < 4.78 is 6.35. The largest absolute Gasteiger partial charge is 0.459 e.